The number of halogens is 1. The van der Waals surface area contributed by atoms with E-state index in [0.717, 1.165) is 18.9 Å². The Hall–Kier alpha value is -0.870. The minimum Gasteiger partial charge on any atom is -0.356 e. The highest BCUT2D eigenvalue weighted by Crippen LogP contribution is 2.31. The molecule has 1 aromatic rings. The number of nitrogens with zero attached hydrogens (tertiary/aromatic N) is 3. The first-order chi connectivity index (χ1) is 8.61. The zero-order valence-electron chi connectivity index (χ0n) is 11.0. The smallest absolute Gasteiger partial charge is 0.134 e. The summed E-state index contributed by atoms with van der Waals surface area (Å²) < 4.78 is 0. The number of hydrogen-bond acceptors (Lipinski definition) is 4. The molecular weight excluding hydrogens is 248 g/mol. The van der Waals surface area contributed by atoms with Gasteiger partial charge in [-0.15, -0.1) is 0 Å². The molecule has 5 heteroatoms. The van der Waals surface area contributed by atoms with Gasteiger partial charge in [-0.25, -0.2) is 9.97 Å². The third-order valence-electron chi connectivity index (χ3n) is 3.97. The normalized spacial score (nSPS) is 27.4. The van der Waals surface area contributed by atoms with Gasteiger partial charge in [0.05, 0.1) is 0 Å². The van der Waals surface area contributed by atoms with Gasteiger partial charge in [0.1, 0.15) is 17.3 Å². The van der Waals surface area contributed by atoms with Crippen LogP contribution >= 0.6 is 11.6 Å². The van der Waals surface area contributed by atoms with Crippen molar-refractivity contribution in [2.24, 2.45) is 17.6 Å². The third kappa shape index (κ3) is 2.93. The Kier molecular flexibility index (Phi) is 4.40. The fourth-order valence-electron chi connectivity index (χ4n) is 2.70. The summed E-state index contributed by atoms with van der Waals surface area (Å²) in [5, 5.41) is 0.488. The van der Waals surface area contributed by atoms with E-state index in [2.05, 4.69) is 28.7 Å². The molecule has 1 fully saturated rings. The summed E-state index contributed by atoms with van der Waals surface area (Å²) in [4.78, 5) is 10.4. The summed E-state index contributed by atoms with van der Waals surface area (Å²) in [6, 6.07) is 2.12. The van der Waals surface area contributed by atoms with E-state index in [4.69, 9.17) is 17.3 Å². The lowest BCUT2D eigenvalue weighted by Gasteiger charge is -2.28. The van der Waals surface area contributed by atoms with Gasteiger partial charge in [0, 0.05) is 25.2 Å². The number of nitrogens with two attached hydrogens (primary N) is 1. The molecule has 2 N–H and O–H groups in total. The summed E-state index contributed by atoms with van der Waals surface area (Å²) in [5.74, 6) is 2.07. The van der Waals surface area contributed by atoms with Crippen molar-refractivity contribution in [3.63, 3.8) is 0 Å². The van der Waals surface area contributed by atoms with Gasteiger partial charge in [-0.05, 0) is 31.6 Å². The Bertz CT molecular complexity index is 398. The Labute approximate surface area is 114 Å². The first-order valence-corrected chi connectivity index (χ1v) is 6.97. The van der Waals surface area contributed by atoms with Crippen LogP contribution in [-0.4, -0.2) is 29.1 Å². The second-order valence-corrected chi connectivity index (χ2v) is 5.52. The molecule has 1 aliphatic carbocycles. The number of rotatable bonds is 4. The van der Waals surface area contributed by atoms with Crippen molar-refractivity contribution >= 4 is 17.4 Å². The van der Waals surface area contributed by atoms with Crippen molar-refractivity contribution in [3.05, 3.63) is 17.5 Å². The quantitative estimate of drug-likeness (QED) is 0.852. The molecule has 0 amide bonds. The van der Waals surface area contributed by atoms with Crippen LogP contribution in [0.15, 0.2) is 12.4 Å². The van der Waals surface area contributed by atoms with E-state index in [9.17, 15) is 0 Å². The topological polar surface area (TPSA) is 55.0 Å². The first-order valence-electron chi connectivity index (χ1n) is 6.60. The van der Waals surface area contributed by atoms with E-state index in [1.54, 1.807) is 0 Å². The van der Waals surface area contributed by atoms with Crippen molar-refractivity contribution in [1.82, 2.24) is 9.97 Å². The van der Waals surface area contributed by atoms with Crippen LogP contribution < -0.4 is 10.6 Å². The van der Waals surface area contributed by atoms with E-state index in [1.807, 2.05) is 6.07 Å². The van der Waals surface area contributed by atoms with E-state index in [0.29, 0.717) is 23.0 Å². The lowest BCUT2D eigenvalue weighted by atomic mass is 9.99. The van der Waals surface area contributed by atoms with Crippen molar-refractivity contribution in [2.45, 2.75) is 32.7 Å². The largest absolute Gasteiger partial charge is 0.356 e. The average molecular weight is 269 g/mol. The van der Waals surface area contributed by atoms with Crippen LogP contribution in [0.3, 0.4) is 0 Å². The van der Waals surface area contributed by atoms with E-state index in [1.165, 1.54) is 19.2 Å². The molecule has 1 aliphatic rings. The van der Waals surface area contributed by atoms with Crippen molar-refractivity contribution in [1.29, 1.82) is 0 Å². The van der Waals surface area contributed by atoms with Gasteiger partial charge in [-0.1, -0.05) is 18.5 Å². The fraction of sp³-hybridized carbons (Fsp3) is 0.692. The standard InChI is InChI=1S/C13H21ClN4/c1-3-18(12-6-11(14)16-8-17-12)7-10-5-4-9(2)13(10)15/h6,8-10,13H,3-5,7,15H2,1-2H3/t9-,10-,13+/m0/s1. The molecule has 0 saturated heterocycles. The molecule has 3 atom stereocenters. The molecule has 18 heavy (non-hydrogen) atoms. The highest BCUT2D eigenvalue weighted by Gasteiger charge is 2.31. The molecule has 0 unspecified atom stereocenters. The predicted octanol–water partition coefficient (Wildman–Crippen LogP) is 2.33. The second-order valence-electron chi connectivity index (χ2n) is 5.13. The summed E-state index contributed by atoms with van der Waals surface area (Å²) in [6.07, 6.45) is 3.95. The number of hydrogen-bond donors (Lipinski definition) is 1. The Morgan fingerprint density at radius 3 is 2.78 bits per heavy atom. The maximum absolute atomic E-state index is 6.25. The SMILES string of the molecule is CCN(C[C@@H]1CC[C@H](C)[C@H]1N)c1cc(Cl)ncn1. The molecule has 0 aromatic carbocycles. The van der Waals surface area contributed by atoms with Crippen LogP contribution in [0, 0.1) is 11.8 Å². The van der Waals surface area contributed by atoms with E-state index < -0.39 is 0 Å². The summed E-state index contributed by atoms with van der Waals surface area (Å²) in [6.45, 7) is 6.22. The Morgan fingerprint density at radius 1 is 1.44 bits per heavy atom. The van der Waals surface area contributed by atoms with Crippen LogP contribution in [0.25, 0.3) is 0 Å². The molecule has 2 rings (SSSR count). The first kappa shape index (κ1) is 13.6. The zero-order chi connectivity index (χ0) is 13.1. The van der Waals surface area contributed by atoms with Gasteiger partial charge in [-0.2, -0.15) is 0 Å². The van der Waals surface area contributed by atoms with Gasteiger partial charge in [0.25, 0.3) is 0 Å². The molecule has 0 radical (unpaired) electrons. The molecule has 1 heterocycles. The molecule has 0 bridgehead atoms. The van der Waals surface area contributed by atoms with Gasteiger partial charge in [0.15, 0.2) is 0 Å². The molecule has 1 saturated carbocycles. The molecular formula is C13H21ClN4. The predicted molar refractivity (Wildman–Crippen MR) is 74.8 cm³/mol. The zero-order valence-corrected chi connectivity index (χ0v) is 11.8. The summed E-state index contributed by atoms with van der Waals surface area (Å²) >= 11 is 5.91. The molecule has 4 nitrogen and oxygen atoms in total. The lowest BCUT2D eigenvalue weighted by Crippen LogP contribution is -2.38. The minimum absolute atomic E-state index is 0.302. The van der Waals surface area contributed by atoms with Crippen LogP contribution in [0.1, 0.15) is 26.7 Å². The monoisotopic (exact) mass is 268 g/mol. The maximum Gasteiger partial charge on any atom is 0.134 e. The van der Waals surface area contributed by atoms with Crippen LogP contribution in [-0.2, 0) is 0 Å². The molecule has 0 aliphatic heterocycles. The van der Waals surface area contributed by atoms with Gasteiger partial charge in [0.2, 0.25) is 0 Å². The molecule has 100 valence electrons. The Balaban J connectivity index is 2.06. The average Bonchev–Trinajstić information content (AvgIpc) is 2.67. The van der Waals surface area contributed by atoms with Gasteiger partial charge < -0.3 is 10.6 Å². The van der Waals surface area contributed by atoms with Crippen LogP contribution in [0.2, 0.25) is 5.15 Å². The van der Waals surface area contributed by atoms with E-state index in [-0.39, 0.29) is 0 Å². The van der Waals surface area contributed by atoms with Crippen molar-refractivity contribution < 1.29 is 0 Å². The highest BCUT2D eigenvalue weighted by molar-refractivity contribution is 6.29. The summed E-state index contributed by atoms with van der Waals surface area (Å²) in [5.41, 5.74) is 6.25. The van der Waals surface area contributed by atoms with Gasteiger partial charge >= 0.3 is 0 Å². The third-order valence-corrected chi connectivity index (χ3v) is 4.18. The highest BCUT2D eigenvalue weighted by atomic mass is 35.5. The second kappa shape index (κ2) is 5.85. The van der Waals surface area contributed by atoms with E-state index >= 15 is 0 Å². The molecule has 1 aromatic heterocycles. The number of aromatic nitrogens is 2. The van der Waals surface area contributed by atoms with Crippen LogP contribution in [0.4, 0.5) is 5.82 Å². The maximum atomic E-state index is 6.25. The van der Waals surface area contributed by atoms with Crippen LogP contribution in [0.5, 0.6) is 0 Å². The Morgan fingerprint density at radius 2 is 2.22 bits per heavy atom. The molecule has 0 spiro atoms. The lowest BCUT2D eigenvalue weighted by molar-refractivity contribution is 0.426. The van der Waals surface area contributed by atoms with Crippen molar-refractivity contribution in [3.8, 4) is 0 Å². The van der Waals surface area contributed by atoms with Gasteiger partial charge in [-0.3, -0.25) is 0 Å². The fourth-order valence-corrected chi connectivity index (χ4v) is 2.85. The van der Waals surface area contributed by atoms with Crippen molar-refractivity contribution in [2.75, 3.05) is 18.0 Å². The number of anilines is 1. The minimum atomic E-state index is 0.302. The summed E-state index contributed by atoms with van der Waals surface area (Å²) in [7, 11) is 0.